The number of hydrogen-bond acceptors (Lipinski definition) is 6. The normalized spacial score (nSPS) is 14.6. The van der Waals surface area contributed by atoms with Gasteiger partial charge in [0.15, 0.2) is 11.5 Å². The predicted octanol–water partition coefficient (Wildman–Crippen LogP) is 4.52. The smallest absolute Gasteiger partial charge is 0.335 e. The SMILES string of the molecule is CCOc1cc(/C=C2/C(=O)NC(=O)N(c3cccc(C)c3)C2=O)ccc1OCCOc1ccccc1. The van der Waals surface area contributed by atoms with Crippen LogP contribution >= 0.6 is 0 Å². The van der Waals surface area contributed by atoms with Gasteiger partial charge < -0.3 is 14.2 Å². The zero-order valence-corrected chi connectivity index (χ0v) is 20.0. The summed E-state index contributed by atoms with van der Waals surface area (Å²) in [5, 5.41) is 2.24. The summed E-state index contributed by atoms with van der Waals surface area (Å²) in [7, 11) is 0. The molecule has 8 heteroatoms. The van der Waals surface area contributed by atoms with Crippen LogP contribution in [0, 0.1) is 6.92 Å². The molecule has 0 spiro atoms. The van der Waals surface area contributed by atoms with Gasteiger partial charge in [-0.25, -0.2) is 9.69 Å². The molecular formula is C28H26N2O6. The van der Waals surface area contributed by atoms with Crippen molar-refractivity contribution in [2.75, 3.05) is 24.7 Å². The molecule has 1 saturated heterocycles. The van der Waals surface area contributed by atoms with E-state index in [9.17, 15) is 14.4 Å². The fourth-order valence-corrected chi connectivity index (χ4v) is 3.66. The van der Waals surface area contributed by atoms with Crippen LogP contribution in [-0.4, -0.2) is 37.7 Å². The van der Waals surface area contributed by atoms with Gasteiger partial charge in [-0.05, 0) is 67.4 Å². The van der Waals surface area contributed by atoms with E-state index in [2.05, 4.69) is 5.32 Å². The van der Waals surface area contributed by atoms with Gasteiger partial charge in [0.05, 0.1) is 12.3 Å². The highest BCUT2D eigenvalue weighted by atomic mass is 16.5. The van der Waals surface area contributed by atoms with Gasteiger partial charge in [-0.15, -0.1) is 0 Å². The highest BCUT2D eigenvalue weighted by Gasteiger charge is 2.36. The van der Waals surface area contributed by atoms with E-state index in [-0.39, 0.29) is 5.57 Å². The van der Waals surface area contributed by atoms with Crippen LogP contribution in [0.1, 0.15) is 18.1 Å². The number of benzene rings is 3. The molecule has 4 rings (SSSR count). The molecule has 1 heterocycles. The maximum atomic E-state index is 13.1. The number of barbiturate groups is 1. The predicted molar refractivity (Wildman–Crippen MR) is 135 cm³/mol. The molecule has 0 atom stereocenters. The Bertz CT molecular complexity index is 1300. The summed E-state index contributed by atoms with van der Waals surface area (Å²) in [4.78, 5) is 39.0. The number of nitrogens with one attached hydrogen (secondary N) is 1. The number of nitrogens with zero attached hydrogens (tertiary/aromatic N) is 1. The largest absolute Gasteiger partial charge is 0.490 e. The molecule has 1 aliphatic rings. The van der Waals surface area contributed by atoms with E-state index in [4.69, 9.17) is 14.2 Å². The van der Waals surface area contributed by atoms with Crippen molar-refractivity contribution in [2.45, 2.75) is 13.8 Å². The fraction of sp³-hybridized carbons (Fsp3) is 0.179. The molecule has 0 unspecified atom stereocenters. The van der Waals surface area contributed by atoms with Crippen molar-refractivity contribution in [3.05, 3.63) is 89.5 Å². The van der Waals surface area contributed by atoms with Crippen LogP contribution in [0.2, 0.25) is 0 Å². The number of amides is 4. The summed E-state index contributed by atoms with van der Waals surface area (Å²) >= 11 is 0. The number of carbonyl (C=O) groups excluding carboxylic acids is 3. The first kappa shape index (κ1) is 24.5. The first-order valence-electron chi connectivity index (χ1n) is 11.5. The first-order valence-corrected chi connectivity index (χ1v) is 11.5. The van der Waals surface area contributed by atoms with Gasteiger partial charge >= 0.3 is 6.03 Å². The Morgan fingerprint density at radius 2 is 1.61 bits per heavy atom. The van der Waals surface area contributed by atoms with E-state index < -0.39 is 17.8 Å². The van der Waals surface area contributed by atoms with Crippen molar-refractivity contribution in [3.63, 3.8) is 0 Å². The number of anilines is 1. The van der Waals surface area contributed by atoms with E-state index in [0.717, 1.165) is 16.2 Å². The minimum atomic E-state index is -0.788. The Morgan fingerprint density at radius 3 is 2.36 bits per heavy atom. The Kier molecular flexibility index (Phi) is 7.65. The summed E-state index contributed by atoms with van der Waals surface area (Å²) in [6.45, 7) is 4.73. The molecule has 3 aromatic rings. The number of imide groups is 2. The number of ether oxygens (including phenoxy) is 3. The standard InChI is InChI=1S/C28H26N2O6/c1-3-34-25-18-20(12-13-24(25)36-15-14-35-22-10-5-4-6-11-22)17-23-26(31)29-28(33)30(27(23)32)21-9-7-8-19(2)16-21/h4-13,16-18H,3,14-15H2,1-2H3,(H,29,31,33)/b23-17-. The lowest BCUT2D eigenvalue weighted by Crippen LogP contribution is -2.54. The monoisotopic (exact) mass is 486 g/mol. The van der Waals surface area contributed by atoms with Crippen molar-refractivity contribution < 1.29 is 28.6 Å². The molecule has 1 aliphatic heterocycles. The Balaban J connectivity index is 1.52. The third kappa shape index (κ3) is 5.72. The number of aryl methyl sites for hydroxylation is 1. The zero-order valence-electron chi connectivity index (χ0n) is 20.0. The van der Waals surface area contributed by atoms with Crippen molar-refractivity contribution >= 4 is 29.6 Å². The molecule has 8 nitrogen and oxygen atoms in total. The van der Waals surface area contributed by atoms with Crippen LogP contribution < -0.4 is 24.4 Å². The molecule has 184 valence electrons. The van der Waals surface area contributed by atoms with Crippen LogP contribution in [0.3, 0.4) is 0 Å². The summed E-state index contributed by atoms with van der Waals surface area (Å²) in [5.74, 6) is 0.256. The third-order valence-corrected chi connectivity index (χ3v) is 5.29. The van der Waals surface area contributed by atoms with Gasteiger partial charge in [0, 0.05) is 0 Å². The molecule has 1 fully saturated rings. The fourth-order valence-electron chi connectivity index (χ4n) is 3.66. The number of rotatable bonds is 9. The van der Waals surface area contributed by atoms with E-state index in [0.29, 0.717) is 42.6 Å². The molecule has 1 N–H and O–H groups in total. The van der Waals surface area contributed by atoms with Gasteiger partial charge in [0.2, 0.25) is 0 Å². The number of carbonyl (C=O) groups is 3. The van der Waals surface area contributed by atoms with E-state index >= 15 is 0 Å². The minimum absolute atomic E-state index is 0.163. The number of hydrogen-bond donors (Lipinski definition) is 1. The van der Waals surface area contributed by atoms with Crippen LogP contribution in [0.5, 0.6) is 17.2 Å². The maximum absolute atomic E-state index is 13.1. The van der Waals surface area contributed by atoms with Gasteiger partial charge in [0.1, 0.15) is 24.5 Å². The van der Waals surface area contributed by atoms with Gasteiger partial charge in [0.25, 0.3) is 11.8 Å². The first-order chi connectivity index (χ1) is 17.5. The molecule has 36 heavy (non-hydrogen) atoms. The Hall–Kier alpha value is -4.59. The molecule has 0 bridgehead atoms. The zero-order chi connectivity index (χ0) is 25.5. The quantitative estimate of drug-likeness (QED) is 0.272. The van der Waals surface area contributed by atoms with E-state index in [1.165, 1.54) is 6.08 Å². The topological polar surface area (TPSA) is 94.2 Å². The van der Waals surface area contributed by atoms with E-state index in [1.807, 2.05) is 50.2 Å². The lowest BCUT2D eigenvalue weighted by Gasteiger charge is -2.26. The van der Waals surface area contributed by atoms with Gasteiger partial charge in [-0.1, -0.05) is 36.4 Å². The number of para-hydroxylation sites is 1. The summed E-state index contributed by atoms with van der Waals surface area (Å²) in [5.41, 5.74) is 1.64. The molecule has 0 radical (unpaired) electrons. The average Bonchev–Trinajstić information content (AvgIpc) is 2.86. The van der Waals surface area contributed by atoms with Crippen molar-refractivity contribution in [1.82, 2.24) is 5.32 Å². The molecular weight excluding hydrogens is 460 g/mol. The summed E-state index contributed by atoms with van der Waals surface area (Å²) < 4.78 is 17.2. The Labute approximate surface area is 209 Å². The van der Waals surface area contributed by atoms with E-state index in [1.54, 1.807) is 36.4 Å². The highest BCUT2D eigenvalue weighted by molar-refractivity contribution is 6.39. The molecule has 0 saturated carbocycles. The van der Waals surface area contributed by atoms with Crippen molar-refractivity contribution in [3.8, 4) is 17.2 Å². The average molecular weight is 487 g/mol. The molecule has 0 aromatic heterocycles. The lowest BCUT2D eigenvalue weighted by molar-refractivity contribution is -0.122. The Morgan fingerprint density at radius 1 is 0.833 bits per heavy atom. The lowest BCUT2D eigenvalue weighted by atomic mass is 10.1. The number of urea groups is 1. The molecule has 0 aliphatic carbocycles. The molecule has 4 amide bonds. The summed E-state index contributed by atoms with van der Waals surface area (Å²) in [6, 6.07) is 20.7. The second-order valence-electron chi connectivity index (χ2n) is 7.95. The summed E-state index contributed by atoms with van der Waals surface area (Å²) in [6.07, 6.45) is 1.43. The second-order valence-corrected chi connectivity index (χ2v) is 7.95. The second kappa shape index (κ2) is 11.2. The van der Waals surface area contributed by atoms with Crippen LogP contribution in [0.4, 0.5) is 10.5 Å². The highest BCUT2D eigenvalue weighted by Crippen LogP contribution is 2.30. The van der Waals surface area contributed by atoms with Crippen molar-refractivity contribution in [1.29, 1.82) is 0 Å². The molecule has 3 aromatic carbocycles. The van der Waals surface area contributed by atoms with Gasteiger partial charge in [-0.3, -0.25) is 14.9 Å². The van der Waals surface area contributed by atoms with Crippen LogP contribution in [0.25, 0.3) is 6.08 Å². The van der Waals surface area contributed by atoms with Crippen LogP contribution in [0.15, 0.2) is 78.4 Å². The van der Waals surface area contributed by atoms with Crippen LogP contribution in [-0.2, 0) is 9.59 Å². The van der Waals surface area contributed by atoms with Crippen molar-refractivity contribution in [2.24, 2.45) is 0 Å². The van der Waals surface area contributed by atoms with Gasteiger partial charge in [-0.2, -0.15) is 0 Å². The third-order valence-electron chi connectivity index (χ3n) is 5.29. The maximum Gasteiger partial charge on any atom is 0.335 e. The minimum Gasteiger partial charge on any atom is -0.490 e.